The number of nitrogens with zero attached hydrogens (tertiary/aromatic N) is 3. The molecule has 0 bridgehead atoms. The summed E-state index contributed by atoms with van der Waals surface area (Å²) in [6.07, 6.45) is 2.09. The number of amides is 1. The lowest BCUT2D eigenvalue weighted by Gasteiger charge is -2.04. The van der Waals surface area contributed by atoms with Crippen LogP contribution in [0.15, 0.2) is 46.4 Å². The van der Waals surface area contributed by atoms with Crippen molar-refractivity contribution in [1.82, 2.24) is 10.2 Å². The lowest BCUT2D eigenvalue weighted by Crippen LogP contribution is -2.13. The number of carbonyl (C=O) groups excluding carboxylic acids is 2. The first-order valence-electron chi connectivity index (χ1n) is 9.44. The summed E-state index contributed by atoms with van der Waals surface area (Å²) in [5, 5.41) is 21.1. The molecule has 158 valence electrons. The van der Waals surface area contributed by atoms with Gasteiger partial charge in [0.25, 0.3) is 5.91 Å². The minimum Gasteiger partial charge on any atom is -0.465 e. The predicted molar refractivity (Wildman–Crippen MR) is 116 cm³/mol. The second-order valence-electron chi connectivity index (χ2n) is 6.96. The molecular formula is C22H20N4O4S. The van der Waals surface area contributed by atoms with Crippen molar-refractivity contribution in [2.75, 3.05) is 12.4 Å². The SMILES string of the molecule is COC(=O)c1ccccc1-c1ccc(/C=C(/C#N)C(=O)Nc2nnc(CC(C)C)s2)o1. The Morgan fingerprint density at radius 2 is 2.03 bits per heavy atom. The number of nitriles is 1. The highest BCUT2D eigenvalue weighted by molar-refractivity contribution is 7.15. The number of hydrogen-bond donors (Lipinski definition) is 1. The van der Waals surface area contributed by atoms with Gasteiger partial charge >= 0.3 is 5.97 Å². The second-order valence-corrected chi connectivity index (χ2v) is 8.02. The monoisotopic (exact) mass is 436 g/mol. The second kappa shape index (κ2) is 9.82. The van der Waals surface area contributed by atoms with Gasteiger partial charge in [-0.2, -0.15) is 5.26 Å². The van der Waals surface area contributed by atoms with E-state index in [4.69, 9.17) is 9.15 Å². The molecule has 2 heterocycles. The average molecular weight is 436 g/mol. The number of carbonyl (C=O) groups is 2. The molecule has 0 fully saturated rings. The Hall–Kier alpha value is -3.77. The van der Waals surface area contributed by atoms with Crippen LogP contribution in [0.5, 0.6) is 0 Å². The highest BCUT2D eigenvalue weighted by atomic mass is 32.1. The van der Waals surface area contributed by atoms with Crippen LogP contribution in [0.3, 0.4) is 0 Å². The third-order valence-corrected chi connectivity index (χ3v) is 5.01. The first-order chi connectivity index (χ1) is 14.9. The van der Waals surface area contributed by atoms with Crippen molar-refractivity contribution >= 4 is 34.4 Å². The van der Waals surface area contributed by atoms with Gasteiger partial charge in [0, 0.05) is 18.1 Å². The Morgan fingerprint density at radius 1 is 1.26 bits per heavy atom. The van der Waals surface area contributed by atoms with E-state index in [0.29, 0.717) is 33.7 Å². The minimum absolute atomic E-state index is 0.150. The van der Waals surface area contributed by atoms with Gasteiger partial charge in [-0.25, -0.2) is 4.79 Å². The number of aromatic nitrogens is 2. The highest BCUT2D eigenvalue weighted by Gasteiger charge is 2.17. The fourth-order valence-corrected chi connectivity index (χ4v) is 3.70. The lowest BCUT2D eigenvalue weighted by molar-refractivity contribution is -0.112. The van der Waals surface area contributed by atoms with Gasteiger partial charge in [0.15, 0.2) is 0 Å². The smallest absolute Gasteiger partial charge is 0.338 e. The van der Waals surface area contributed by atoms with Crippen LogP contribution in [0.1, 0.15) is 35.0 Å². The predicted octanol–water partition coefficient (Wildman–Crippen LogP) is 4.33. The third-order valence-electron chi connectivity index (χ3n) is 4.15. The minimum atomic E-state index is -0.609. The Labute approximate surface area is 183 Å². The van der Waals surface area contributed by atoms with Gasteiger partial charge < -0.3 is 9.15 Å². The fraction of sp³-hybridized carbons (Fsp3) is 0.227. The maximum absolute atomic E-state index is 12.5. The van der Waals surface area contributed by atoms with Gasteiger partial charge in [0.05, 0.1) is 12.7 Å². The zero-order valence-corrected chi connectivity index (χ0v) is 18.0. The van der Waals surface area contributed by atoms with Gasteiger partial charge in [-0.1, -0.05) is 43.4 Å². The number of benzene rings is 1. The molecule has 8 nitrogen and oxygen atoms in total. The number of nitrogens with one attached hydrogen (secondary N) is 1. The van der Waals surface area contributed by atoms with Gasteiger partial charge in [0.1, 0.15) is 28.2 Å². The zero-order valence-electron chi connectivity index (χ0n) is 17.2. The summed E-state index contributed by atoms with van der Waals surface area (Å²) in [4.78, 5) is 24.5. The molecule has 0 saturated heterocycles. The number of anilines is 1. The summed E-state index contributed by atoms with van der Waals surface area (Å²) >= 11 is 1.27. The normalized spacial score (nSPS) is 11.3. The quantitative estimate of drug-likeness (QED) is 0.333. The van der Waals surface area contributed by atoms with E-state index in [9.17, 15) is 14.9 Å². The molecule has 0 spiro atoms. The van der Waals surface area contributed by atoms with Crippen LogP contribution in [0, 0.1) is 17.2 Å². The molecule has 0 atom stereocenters. The van der Waals surface area contributed by atoms with E-state index in [2.05, 4.69) is 29.4 Å². The summed E-state index contributed by atoms with van der Waals surface area (Å²) < 4.78 is 10.5. The van der Waals surface area contributed by atoms with Crippen molar-refractivity contribution in [2.45, 2.75) is 20.3 Å². The molecule has 0 aliphatic heterocycles. The van der Waals surface area contributed by atoms with Crippen LogP contribution < -0.4 is 5.32 Å². The van der Waals surface area contributed by atoms with Crippen molar-refractivity contribution in [3.63, 3.8) is 0 Å². The van der Waals surface area contributed by atoms with Crippen LogP contribution in [-0.4, -0.2) is 29.2 Å². The van der Waals surface area contributed by atoms with E-state index in [-0.39, 0.29) is 5.57 Å². The first-order valence-corrected chi connectivity index (χ1v) is 10.3. The van der Waals surface area contributed by atoms with Gasteiger partial charge in [-0.05, 0) is 24.1 Å². The Bertz CT molecular complexity index is 1170. The van der Waals surface area contributed by atoms with E-state index in [1.54, 1.807) is 36.4 Å². The molecule has 0 unspecified atom stereocenters. The molecule has 3 rings (SSSR count). The molecule has 2 aromatic heterocycles. The summed E-state index contributed by atoms with van der Waals surface area (Å²) in [6.45, 7) is 4.13. The summed E-state index contributed by atoms with van der Waals surface area (Å²) in [5.41, 5.74) is 0.743. The number of ether oxygens (including phenoxy) is 1. The molecular weight excluding hydrogens is 416 g/mol. The van der Waals surface area contributed by atoms with Crippen LogP contribution in [-0.2, 0) is 16.0 Å². The number of methoxy groups -OCH3 is 1. The number of hydrogen-bond acceptors (Lipinski definition) is 8. The van der Waals surface area contributed by atoms with Crippen molar-refractivity contribution in [1.29, 1.82) is 5.26 Å². The first kappa shape index (κ1) is 21.9. The Kier molecular flexibility index (Phi) is 6.95. The topological polar surface area (TPSA) is 118 Å². The molecule has 1 amide bonds. The molecule has 1 N–H and O–H groups in total. The number of rotatable bonds is 7. The van der Waals surface area contributed by atoms with E-state index < -0.39 is 11.9 Å². The van der Waals surface area contributed by atoms with Gasteiger partial charge in [-0.3, -0.25) is 10.1 Å². The van der Waals surface area contributed by atoms with E-state index >= 15 is 0 Å². The molecule has 0 radical (unpaired) electrons. The van der Waals surface area contributed by atoms with E-state index in [1.807, 2.05) is 6.07 Å². The number of furan rings is 1. The standard InChI is InChI=1S/C22H20N4O4S/c1-13(2)10-19-25-26-22(31-19)24-20(27)14(12-23)11-15-8-9-18(30-15)16-6-4-5-7-17(16)21(28)29-3/h4-9,11,13H,10H2,1-3H3,(H,24,26,27)/b14-11-. The van der Waals surface area contributed by atoms with Crippen molar-refractivity contribution < 1.29 is 18.7 Å². The van der Waals surface area contributed by atoms with Crippen LogP contribution >= 0.6 is 11.3 Å². The summed E-state index contributed by atoms with van der Waals surface area (Å²) in [6, 6.07) is 12.0. The van der Waals surface area contributed by atoms with Crippen LogP contribution in [0.4, 0.5) is 5.13 Å². The Balaban J connectivity index is 1.79. The largest absolute Gasteiger partial charge is 0.465 e. The van der Waals surface area contributed by atoms with E-state index in [0.717, 1.165) is 11.4 Å². The van der Waals surface area contributed by atoms with Gasteiger partial charge in [0.2, 0.25) is 5.13 Å². The molecule has 0 aliphatic carbocycles. The molecule has 9 heteroatoms. The van der Waals surface area contributed by atoms with Gasteiger partial charge in [-0.15, -0.1) is 10.2 Å². The fourth-order valence-electron chi connectivity index (χ4n) is 2.75. The zero-order chi connectivity index (χ0) is 22.4. The Morgan fingerprint density at radius 3 is 2.74 bits per heavy atom. The molecule has 1 aromatic carbocycles. The van der Waals surface area contributed by atoms with Crippen molar-refractivity contribution in [2.24, 2.45) is 5.92 Å². The number of esters is 1. The van der Waals surface area contributed by atoms with E-state index in [1.165, 1.54) is 24.5 Å². The maximum atomic E-state index is 12.5. The van der Waals surface area contributed by atoms with Crippen molar-refractivity contribution in [3.8, 4) is 17.4 Å². The van der Waals surface area contributed by atoms with Crippen LogP contribution in [0.25, 0.3) is 17.4 Å². The van der Waals surface area contributed by atoms with Crippen LogP contribution in [0.2, 0.25) is 0 Å². The summed E-state index contributed by atoms with van der Waals surface area (Å²) in [5.74, 6) is 0.0211. The highest BCUT2D eigenvalue weighted by Crippen LogP contribution is 2.27. The lowest BCUT2D eigenvalue weighted by atomic mass is 10.1. The molecule has 0 aliphatic rings. The molecule has 31 heavy (non-hydrogen) atoms. The average Bonchev–Trinajstić information content (AvgIpc) is 3.40. The maximum Gasteiger partial charge on any atom is 0.338 e. The molecule has 3 aromatic rings. The van der Waals surface area contributed by atoms with Crippen molar-refractivity contribution in [3.05, 3.63) is 58.3 Å². The third kappa shape index (κ3) is 5.43. The molecule has 0 saturated carbocycles. The summed E-state index contributed by atoms with van der Waals surface area (Å²) in [7, 11) is 1.30.